The van der Waals surface area contributed by atoms with Crippen molar-refractivity contribution < 1.29 is 0 Å². The molecule has 0 aliphatic carbocycles. The van der Waals surface area contributed by atoms with Crippen molar-refractivity contribution in [3.05, 3.63) is 409 Å². The van der Waals surface area contributed by atoms with Crippen molar-refractivity contribution in [1.29, 1.82) is 0 Å². The lowest BCUT2D eigenvalue weighted by atomic mass is 9.93. The third-order valence-electron chi connectivity index (χ3n) is 19.5. The van der Waals surface area contributed by atoms with Gasteiger partial charge in [-0.1, -0.05) is 398 Å². The topological polar surface area (TPSA) is 0 Å². The molecule has 20 aromatic rings. The van der Waals surface area contributed by atoms with E-state index >= 15 is 0 Å². The molecule has 0 unspecified atom stereocenters. The van der Waals surface area contributed by atoms with Crippen LogP contribution in [0.15, 0.2) is 370 Å². The van der Waals surface area contributed by atoms with Crippen molar-refractivity contribution in [3.8, 4) is 0 Å². The largest absolute Gasteiger partial charge is 0.0616 e. The average Bonchev–Trinajstić information content (AvgIpc) is 0.735. The van der Waals surface area contributed by atoms with Gasteiger partial charge in [-0.3, -0.25) is 0 Å². The summed E-state index contributed by atoms with van der Waals surface area (Å²) in [5.41, 5.74) is 9.30. The summed E-state index contributed by atoms with van der Waals surface area (Å²) >= 11 is 0. The maximum Gasteiger partial charge on any atom is -0.00761 e. The quantitative estimate of drug-likeness (QED) is 0.133. The van der Waals surface area contributed by atoms with Gasteiger partial charge in [0, 0.05) is 0 Å². The molecule has 0 bridgehead atoms. The summed E-state index contributed by atoms with van der Waals surface area (Å²) in [6.07, 6.45) is 0. The van der Waals surface area contributed by atoms with E-state index in [2.05, 4.69) is 419 Å². The predicted octanol–water partition coefficient (Wildman–Crippen LogP) is 29.0. The van der Waals surface area contributed by atoms with E-state index in [1.807, 2.05) is 0 Å². The van der Waals surface area contributed by atoms with Gasteiger partial charge in [0.25, 0.3) is 0 Å². The lowest BCUT2D eigenvalue weighted by Gasteiger charge is -2.10. The van der Waals surface area contributed by atoms with Gasteiger partial charge in [0.15, 0.2) is 0 Å². The van der Waals surface area contributed by atoms with Crippen LogP contribution in [0.3, 0.4) is 0 Å². The molecule has 0 amide bonds. The molecule has 0 nitrogen and oxygen atoms in total. The molecule has 0 saturated carbocycles. The Labute approximate surface area is 593 Å². The molecule has 486 valence electrons. The van der Waals surface area contributed by atoms with Crippen LogP contribution in [0.5, 0.6) is 0 Å². The molecule has 0 atom stereocenters. The molecular formula is C101H82. The summed E-state index contributed by atoms with van der Waals surface area (Å²) in [6.45, 7) is 15.0. The van der Waals surface area contributed by atoms with Gasteiger partial charge in [-0.25, -0.2) is 0 Å². The molecule has 0 aliphatic rings. The van der Waals surface area contributed by atoms with Crippen LogP contribution in [-0.4, -0.2) is 0 Å². The summed E-state index contributed by atoms with van der Waals surface area (Å²) in [5.74, 6) is 0. The molecule has 20 rings (SSSR count). The van der Waals surface area contributed by atoms with Crippen LogP contribution >= 0.6 is 0 Å². The highest BCUT2D eigenvalue weighted by Crippen LogP contribution is 2.36. The van der Waals surface area contributed by atoms with Crippen LogP contribution in [0.2, 0.25) is 0 Å². The van der Waals surface area contributed by atoms with Gasteiger partial charge in [-0.05, 0) is 200 Å². The highest BCUT2D eigenvalue weighted by atomic mass is 14.1. The fourth-order valence-electron chi connectivity index (χ4n) is 14.4. The molecule has 0 N–H and O–H groups in total. The van der Waals surface area contributed by atoms with Crippen LogP contribution in [0.4, 0.5) is 0 Å². The molecule has 0 heterocycles. The van der Waals surface area contributed by atoms with E-state index < -0.39 is 0 Å². The molecule has 101 heavy (non-hydrogen) atoms. The number of aryl methyl sites for hydroxylation is 7. The first kappa shape index (κ1) is 66.0. The molecule has 0 radical (unpaired) electrons. The molecular weight excluding hydrogens is 1210 g/mol. The zero-order chi connectivity index (χ0) is 69.2. The van der Waals surface area contributed by atoms with Gasteiger partial charge in [-0.2, -0.15) is 0 Å². The first-order valence-corrected chi connectivity index (χ1v) is 35.2. The first-order chi connectivity index (χ1) is 49.5. The summed E-state index contributed by atoms with van der Waals surface area (Å²) < 4.78 is 0. The Kier molecular flexibility index (Phi) is 19.8. The minimum Gasteiger partial charge on any atom is -0.0616 e. The highest BCUT2D eigenvalue weighted by Gasteiger charge is 2.09. The van der Waals surface area contributed by atoms with Crippen molar-refractivity contribution in [2.45, 2.75) is 48.5 Å². The molecule has 0 aliphatic heterocycles. The zero-order valence-corrected chi connectivity index (χ0v) is 58.7. The van der Waals surface area contributed by atoms with E-state index in [0.717, 1.165) is 0 Å². The number of rotatable bonds is 0. The van der Waals surface area contributed by atoms with Gasteiger partial charge in [0.05, 0.1) is 0 Å². The van der Waals surface area contributed by atoms with Crippen LogP contribution in [-0.2, 0) is 0 Å². The summed E-state index contributed by atoms with van der Waals surface area (Å²) in [6, 6.07) is 132. The summed E-state index contributed by atoms with van der Waals surface area (Å²) in [4.78, 5) is 0. The molecule has 0 heteroatoms. The second kappa shape index (κ2) is 30.3. The fourth-order valence-corrected chi connectivity index (χ4v) is 14.4. The Balaban J connectivity index is 0.000000101. The van der Waals surface area contributed by atoms with E-state index in [4.69, 9.17) is 0 Å². The van der Waals surface area contributed by atoms with Crippen LogP contribution < -0.4 is 0 Å². The molecule has 0 saturated heterocycles. The molecule has 20 aromatic carbocycles. The Hall–Kier alpha value is -12.2. The van der Waals surface area contributed by atoms with Crippen molar-refractivity contribution in [2.75, 3.05) is 0 Å². The van der Waals surface area contributed by atoms with E-state index in [1.165, 1.54) is 179 Å². The minimum absolute atomic E-state index is 1.31. The van der Waals surface area contributed by atoms with E-state index in [0.29, 0.717) is 0 Å². The lowest BCUT2D eigenvalue weighted by molar-refractivity contribution is 1.51. The van der Waals surface area contributed by atoms with Gasteiger partial charge < -0.3 is 0 Å². The lowest BCUT2D eigenvalue weighted by Crippen LogP contribution is -1.83. The Morgan fingerprint density at radius 1 is 0.119 bits per heavy atom. The standard InChI is InChI=1S/C19H14.4C15H12.2C11H10/c1-13-10-11-18-16-8-3-2-6-14(16)15-7-4-5-9-17(15)19(18)12-13;1-11-5-4-7-13-10-9-12-6-2-3-8-14(12)15(11)13;1-11-10-12-6-2-3-8-14(12)15-9-5-4-7-13(11)15;1-11-6-9-15-13(10-11)8-7-12-4-2-3-5-14(12)15;1-11-6-7-13-9-8-12-4-2-3-5-14(12)15(13)10-11;2*1-9-6-7-10-4-2-3-5-11(10)8-9/h2-12H,1H3;4*2-10H,1H3;2*2-8H,1H3. The van der Waals surface area contributed by atoms with Crippen molar-refractivity contribution >= 4 is 140 Å². The van der Waals surface area contributed by atoms with Gasteiger partial charge >= 0.3 is 0 Å². The Morgan fingerprint density at radius 2 is 0.376 bits per heavy atom. The fraction of sp³-hybridized carbons (Fsp3) is 0.0693. The molecule has 0 fully saturated rings. The summed E-state index contributed by atoms with van der Waals surface area (Å²) in [5, 5.41) is 34.8. The Morgan fingerprint density at radius 3 is 0.891 bits per heavy atom. The first-order valence-electron chi connectivity index (χ1n) is 35.2. The van der Waals surface area contributed by atoms with Crippen molar-refractivity contribution in [1.82, 2.24) is 0 Å². The van der Waals surface area contributed by atoms with Crippen LogP contribution in [0, 0.1) is 48.5 Å². The smallest absolute Gasteiger partial charge is 0.00761 e. The highest BCUT2D eigenvalue weighted by molar-refractivity contribution is 6.25. The van der Waals surface area contributed by atoms with E-state index in [-0.39, 0.29) is 0 Å². The minimum atomic E-state index is 1.31. The van der Waals surface area contributed by atoms with E-state index in [1.54, 1.807) is 0 Å². The van der Waals surface area contributed by atoms with E-state index in [9.17, 15) is 0 Å². The number of hydrogen-bond donors (Lipinski definition) is 0. The molecule has 0 aromatic heterocycles. The second-order valence-electron chi connectivity index (χ2n) is 26.8. The zero-order valence-electron chi connectivity index (χ0n) is 58.7. The van der Waals surface area contributed by atoms with Crippen LogP contribution in [0.25, 0.3) is 140 Å². The van der Waals surface area contributed by atoms with Gasteiger partial charge in [-0.15, -0.1) is 0 Å². The normalized spacial score (nSPS) is 10.9. The maximum absolute atomic E-state index is 2.30. The third kappa shape index (κ3) is 14.8. The summed E-state index contributed by atoms with van der Waals surface area (Å²) in [7, 11) is 0. The molecule has 0 spiro atoms. The Bertz CT molecular complexity index is 6220. The third-order valence-corrected chi connectivity index (χ3v) is 19.5. The monoisotopic (exact) mass is 1290 g/mol. The maximum atomic E-state index is 2.30. The number of hydrogen-bond acceptors (Lipinski definition) is 0. The number of benzene rings is 20. The average molecular weight is 1300 g/mol. The number of fused-ring (bicyclic) bond motifs is 20. The van der Waals surface area contributed by atoms with Gasteiger partial charge in [0.2, 0.25) is 0 Å². The SMILES string of the molecule is Cc1cc2ccccc2c2ccccc12.Cc1ccc2c(ccc3ccccc32)c1.Cc1ccc2c3ccccc3c3ccccc3c2c1.Cc1ccc2ccc3ccccc3c2c1.Cc1ccc2ccccc2c1.Cc1ccc2ccccc2c1.Cc1cccc2ccc3ccccc3c12. The van der Waals surface area contributed by atoms with Gasteiger partial charge in [0.1, 0.15) is 0 Å². The predicted molar refractivity (Wildman–Crippen MR) is 446 cm³/mol. The van der Waals surface area contributed by atoms with Crippen molar-refractivity contribution in [2.24, 2.45) is 0 Å². The second-order valence-corrected chi connectivity index (χ2v) is 26.8. The van der Waals surface area contributed by atoms with Crippen molar-refractivity contribution in [3.63, 3.8) is 0 Å². The van der Waals surface area contributed by atoms with Crippen LogP contribution in [0.1, 0.15) is 38.9 Å².